The SMILES string of the molecule is Fc1cc(F)c(NCCc2cccnc2)c(F)c1. The molecule has 0 atom stereocenters. The molecular weight excluding hydrogens is 241 g/mol. The van der Waals surface area contributed by atoms with Crippen molar-refractivity contribution < 1.29 is 13.2 Å². The molecule has 0 aliphatic heterocycles. The molecule has 2 aromatic rings. The first-order valence-electron chi connectivity index (χ1n) is 5.44. The summed E-state index contributed by atoms with van der Waals surface area (Å²) in [5.74, 6) is -2.79. The van der Waals surface area contributed by atoms with Gasteiger partial charge in [-0.25, -0.2) is 13.2 Å². The zero-order valence-electron chi connectivity index (χ0n) is 9.46. The fourth-order valence-electron chi connectivity index (χ4n) is 1.59. The molecule has 0 aliphatic carbocycles. The Bertz CT molecular complexity index is 506. The lowest BCUT2D eigenvalue weighted by molar-refractivity contribution is 0.547. The van der Waals surface area contributed by atoms with Crippen LogP contribution in [0.5, 0.6) is 0 Å². The zero-order chi connectivity index (χ0) is 13.0. The number of anilines is 1. The van der Waals surface area contributed by atoms with Crippen molar-refractivity contribution in [3.63, 3.8) is 0 Å². The molecule has 1 heterocycles. The Balaban J connectivity index is 1.99. The number of aromatic nitrogens is 1. The van der Waals surface area contributed by atoms with E-state index in [1.54, 1.807) is 18.5 Å². The number of rotatable bonds is 4. The van der Waals surface area contributed by atoms with Crippen molar-refractivity contribution in [2.75, 3.05) is 11.9 Å². The van der Waals surface area contributed by atoms with E-state index < -0.39 is 17.5 Å². The van der Waals surface area contributed by atoms with Crippen LogP contribution in [0.1, 0.15) is 5.56 Å². The topological polar surface area (TPSA) is 24.9 Å². The molecule has 0 amide bonds. The monoisotopic (exact) mass is 252 g/mol. The summed E-state index contributed by atoms with van der Waals surface area (Å²) in [6.07, 6.45) is 3.90. The van der Waals surface area contributed by atoms with Crippen LogP contribution in [0.3, 0.4) is 0 Å². The summed E-state index contributed by atoms with van der Waals surface area (Å²) >= 11 is 0. The summed E-state index contributed by atoms with van der Waals surface area (Å²) in [4.78, 5) is 3.93. The Labute approximate surface area is 102 Å². The third-order valence-corrected chi connectivity index (χ3v) is 2.45. The summed E-state index contributed by atoms with van der Waals surface area (Å²) in [6, 6.07) is 4.95. The van der Waals surface area contributed by atoms with Crippen LogP contribution in [0, 0.1) is 17.5 Å². The first-order chi connectivity index (χ1) is 8.66. The maximum atomic E-state index is 13.3. The van der Waals surface area contributed by atoms with Crippen LogP contribution in [0.2, 0.25) is 0 Å². The smallest absolute Gasteiger partial charge is 0.152 e. The van der Waals surface area contributed by atoms with Crippen LogP contribution >= 0.6 is 0 Å². The zero-order valence-corrected chi connectivity index (χ0v) is 9.46. The lowest BCUT2D eigenvalue weighted by atomic mass is 10.2. The largest absolute Gasteiger partial charge is 0.380 e. The van der Waals surface area contributed by atoms with Crippen molar-refractivity contribution >= 4 is 5.69 Å². The summed E-state index contributed by atoms with van der Waals surface area (Å²) < 4.78 is 39.2. The Morgan fingerprint density at radius 1 is 1.11 bits per heavy atom. The molecule has 1 N–H and O–H groups in total. The van der Waals surface area contributed by atoms with E-state index in [9.17, 15) is 13.2 Å². The molecule has 0 aliphatic rings. The third-order valence-electron chi connectivity index (χ3n) is 2.45. The Kier molecular flexibility index (Phi) is 3.82. The predicted molar refractivity (Wildman–Crippen MR) is 62.7 cm³/mol. The standard InChI is InChI=1S/C13H11F3N2/c14-10-6-11(15)13(12(16)7-10)18-5-3-9-2-1-4-17-8-9/h1-2,4,6-8,18H,3,5H2. The van der Waals surface area contributed by atoms with Gasteiger partial charge in [0.05, 0.1) is 0 Å². The van der Waals surface area contributed by atoms with Crippen LogP contribution in [0.4, 0.5) is 18.9 Å². The van der Waals surface area contributed by atoms with Crippen LogP contribution in [0.15, 0.2) is 36.7 Å². The minimum atomic E-state index is -0.932. The number of halogens is 3. The lowest BCUT2D eigenvalue weighted by Crippen LogP contribution is -2.08. The average Bonchev–Trinajstić information content (AvgIpc) is 2.34. The fourth-order valence-corrected chi connectivity index (χ4v) is 1.59. The first-order valence-corrected chi connectivity index (χ1v) is 5.44. The van der Waals surface area contributed by atoms with E-state index in [1.165, 1.54) is 0 Å². The molecule has 0 spiro atoms. The second-order valence-corrected chi connectivity index (χ2v) is 3.78. The highest BCUT2D eigenvalue weighted by molar-refractivity contribution is 5.46. The second kappa shape index (κ2) is 5.53. The van der Waals surface area contributed by atoms with E-state index in [0.29, 0.717) is 25.1 Å². The van der Waals surface area contributed by atoms with Gasteiger partial charge in [0.15, 0.2) is 11.6 Å². The molecule has 1 aromatic heterocycles. The van der Waals surface area contributed by atoms with Crippen LogP contribution < -0.4 is 5.32 Å². The molecule has 18 heavy (non-hydrogen) atoms. The van der Waals surface area contributed by atoms with Gasteiger partial charge in [-0.2, -0.15) is 0 Å². The fraction of sp³-hybridized carbons (Fsp3) is 0.154. The Morgan fingerprint density at radius 2 is 1.83 bits per heavy atom. The molecule has 0 bridgehead atoms. The minimum Gasteiger partial charge on any atom is -0.380 e. The maximum absolute atomic E-state index is 13.3. The van der Waals surface area contributed by atoms with Crippen molar-refractivity contribution in [1.82, 2.24) is 4.98 Å². The Morgan fingerprint density at radius 3 is 2.44 bits per heavy atom. The van der Waals surface area contributed by atoms with Gasteiger partial charge in [-0.3, -0.25) is 4.98 Å². The van der Waals surface area contributed by atoms with E-state index in [-0.39, 0.29) is 5.69 Å². The van der Waals surface area contributed by atoms with Gasteiger partial charge in [0.2, 0.25) is 0 Å². The van der Waals surface area contributed by atoms with E-state index in [1.807, 2.05) is 6.07 Å². The van der Waals surface area contributed by atoms with Crippen LogP contribution in [0.25, 0.3) is 0 Å². The number of benzene rings is 1. The lowest BCUT2D eigenvalue weighted by Gasteiger charge is -2.08. The molecular formula is C13H11F3N2. The normalized spacial score (nSPS) is 10.4. The molecule has 1 aromatic carbocycles. The molecule has 2 rings (SSSR count). The van der Waals surface area contributed by atoms with Crippen molar-refractivity contribution in [3.05, 3.63) is 59.7 Å². The molecule has 94 valence electrons. The van der Waals surface area contributed by atoms with Gasteiger partial charge in [0.1, 0.15) is 11.5 Å². The number of hydrogen-bond donors (Lipinski definition) is 1. The van der Waals surface area contributed by atoms with Crippen molar-refractivity contribution in [2.45, 2.75) is 6.42 Å². The summed E-state index contributed by atoms with van der Waals surface area (Å²) in [6.45, 7) is 0.338. The molecule has 0 unspecified atom stereocenters. The van der Waals surface area contributed by atoms with Gasteiger partial charge >= 0.3 is 0 Å². The van der Waals surface area contributed by atoms with Crippen molar-refractivity contribution in [2.24, 2.45) is 0 Å². The molecule has 0 saturated heterocycles. The van der Waals surface area contributed by atoms with Gasteiger partial charge in [0.25, 0.3) is 0 Å². The molecule has 0 radical (unpaired) electrons. The van der Waals surface area contributed by atoms with Crippen molar-refractivity contribution in [1.29, 1.82) is 0 Å². The molecule has 0 fully saturated rings. The second-order valence-electron chi connectivity index (χ2n) is 3.78. The van der Waals surface area contributed by atoms with E-state index in [0.717, 1.165) is 5.56 Å². The third kappa shape index (κ3) is 3.00. The van der Waals surface area contributed by atoms with E-state index >= 15 is 0 Å². The first kappa shape index (κ1) is 12.4. The highest BCUT2D eigenvalue weighted by Crippen LogP contribution is 2.19. The van der Waals surface area contributed by atoms with Gasteiger partial charge in [-0.1, -0.05) is 6.07 Å². The predicted octanol–water partition coefficient (Wildman–Crippen LogP) is 3.15. The quantitative estimate of drug-likeness (QED) is 0.904. The maximum Gasteiger partial charge on any atom is 0.152 e. The summed E-state index contributed by atoms with van der Waals surface area (Å²) in [5.41, 5.74) is 0.646. The van der Waals surface area contributed by atoms with E-state index in [2.05, 4.69) is 10.3 Å². The van der Waals surface area contributed by atoms with E-state index in [4.69, 9.17) is 0 Å². The molecule has 0 saturated carbocycles. The Hall–Kier alpha value is -2.04. The van der Waals surface area contributed by atoms with Crippen LogP contribution in [-0.2, 0) is 6.42 Å². The number of pyridine rings is 1. The number of nitrogens with zero attached hydrogens (tertiary/aromatic N) is 1. The average molecular weight is 252 g/mol. The van der Waals surface area contributed by atoms with Crippen molar-refractivity contribution in [3.8, 4) is 0 Å². The molecule has 2 nitrogen and oxygen atoms in total. The van der Waals surface area contributed by atoms with Gasteiger partial charge in [-0.05, 0) is 18.1 Å². The van der Waals surface area contributed by atoms with Crippen LogP contribution in [-0.4, -0.2) is 11.5 Å². The van der Waals surface area contributed by atoms with Gasteiger partial charge in [-0.15, -0.1) is 0 Å². The number of nitrogens with one attached hydrogen (secondary N) is 1. The molecule has 5 heteroatoms. The highest BCUT2D eigenvalue weighted by Gasteiger charge is 2.10. The minimum absolute atomic E-state index is 0.305. The highest BCUT2D eigenvalue weighted by atomic mass is 19.1. The summed E-state index contributed by atoms with van der Waals surface area (Å²) in [7, 11) is 0. The van der Waals surface area contributed by atoms with Gasteiger partial charge in [0, 0.05) is 31.1 Å². The summed E-state index contributed by atoms with van der Waals surface area (Å²) in [5, 5.41) is 2.61. The van der Waals surface area contributed by atoms with Gasteiger partial charge < -0.3 is 5.32 Å². The number of hydrogen-bond acceptors (Lipinski definition) is 2.